The van der Waals surface area contributed by atoms with E-state index >= 15 is 0 Å². The Morgan fingerprint density at radius 1 is 1.38 bits per heavy atom. The SMILES string of the molecule is O=C(/C=C/c1ccccc1[N+](=O)[O-])NC1CCS(=O)(=O)C1. The second-order valence-corrected chi connectivity index (χ2v) is 6.99. The van der Waals surface area contributed by atoms with E-state index in [4.69, 9.17) is 0 Å². The molecular formula is C13H14N2O5S. The number of nitrogens with one attached hydrogen (secondary N) is 1. The van der Waals surface area contributed by atoms with E-state index in [1.165, 1.54) is 24.3 Å². The normalized spacial score (nSPS) is 20.5. The van der Waals surface area contributed by atoms with Gasteiger partial charge in [-0.25, -0.2) is 8.42 Å². The van der Waals surface area contributed by atoms with Gasteiger partial charge in [-0.15, -0.1) is 0 Å². The summed E-state index contributed by atoms with van der Waals surface area (Å²) in [6.07, 6.45) is 2.91. The lowest BCUT2D eigenvalue weighted by molar-refractivity contribution is -0.385. The summed E-state index contributed by atoms with van der Waals surface area (Å²) < 4.78 is 22.6. The van der Waals surface area contributed by atoms with Crippen LogP contribution in [0.5, 0.6) is 0 Å². The average molecular weight is 310 g/mol. The summed E-state index contributed by atoms with van der Waals surface area (Å²) in [6.45, 7) is 0. The molecule has 8 heteroatoms. The van der Waals surface area contributed by atoms with Crippen LogP contribution in [0.3, 0.4) is 0 Å². The summed E-state index contributed by atoms with van der Waals surface area (Å²) in [5.41, 5.74) is 0.224. The Hall–Kier alpha value is -2.22. The Bertz CT molecular complexity index is 696. The highest BCUT2D eigenvalue weighted by Crippen LogP contribution is 2.19. The van der Waals surface area contributed by atoms with Crippen molar-refractivity contribution in [3.63, 3.8) is 0 Å². The Balaban J connectivity index is 2.02. The molecule has 1 aromatic carbocycles. The van der Waals surface area contributed by atoms with Gasteiger partial charge >= 0.3 is 0 Å². The first-order chi connectivity index (χ1) is 9.87. The number of nitro benzene ring substituents is 1. The number of nitrogens with zero attached hydrogens (tertiary/aromatic N) is 1. The Morgan fingerprint density at radius 2 is 2.10 bits per heavy atom. The molecule has 21 heavy (non-hydrogen) atoms. The van der Waals surface area contributed by atoms with Crippen molar-refractivity contribution in [1.29, 1.82) is 0 Å². The molecule has 7 nitrogen and oxygen atoms in total. The van der Waals surface area contributed by atoms with Crippen molar-refractivity contribution < 1.29 is 18.1 Å². The Kier molecular flexibility index (Phi) is 4.37. The minimum atomic E-state index is -3.05. The van der Waals surface area contributed by atoms with Gasteiger partial charge in [0, 0.05) is 18.2 Å². The highest BCUT2D eigenvalue weighted by molar-refractivity contribution is 7.91. The van der Waals surface area contributed by atoms with E-state index in [-0.39, 0.29) is 17.2 Å². The van der Waals surface area contributed by atoms with Gasteiger partial charge in [-0.2, -0.15) is 0 Å². The lowest BCUT2D eigenvalue weighted by Gasteiger charge is -2.07. The average Bonchev–Trinajstić information content (AvgIpc) is 2.75. The molecule has 0 spiro atoms. The second kappa shape index (κ2) is 6.04. The molecule has 1 fully saturated rings. The van der Waals surface area contributed by atoms with Crippen molar-refractivity contribution in [2.75, 3.05) is 11.5 Å². The third kappa shape index (κ3) is 4.12. The molecular weight excluding hydrogens is 296 g/mol. The molecule has 0 bridgehead atoms. The zero-order chi connectivity index (χ0) is 15.5. The number of benzene rings is 1. The van der Waals surface area contributed by atoms with Gasteiger partial charge in [-0.05, 0) is 18.6 Å². The summed E-state index contributed by atoms with van der Waals surface area (Å²) >= 11 is 0. The van der Waals surface area contributed by atoms with Crippen LogP contribution < -0.4 is 5.32 Å². The first-order valence-electron chi connectivity index (χ1n) is 6.30. The second-order valence-electron chi connectivity index (χ2n) is 4.76. The molecule has 2 rings (SSSR count). The number of nitro groups is 1. The number of hydrogen-bond donors (Lipinski definition) is 1. The van der Waals surface area contributed by atoms with Crippen molar-refractivity contribution in [3.8, 4) is 0 Å². The Morgan fingerprint density at radius 3 is 2.71 bits per heavy atom. The van der Waals surface area contributed by atoms with Crippen LogP contribution in [-0.2, 0) is 14.6 Å². The molecule has 1 unspecified atom stereocenters. The molecule has 0 aliphatic carbocycles. The molecule has 1 N–H and O–H groups in total. The molecule has 1 aliphatic heterocycles. The number of sulfone groups is 1. The Labute approximate surface area is 121 Å². The molecule has 1 heterocycles. The molecule has 0 radical (unpaired) electrons. The smallest absolute Gasteiger partial charge is 0.276 e. The van der Waals surface area contributed by atoms with Gasteiger partial charge in [0.25, 0.3) is 5.69 Å². The van der Waals surface area contributed by atoms with Gasteiger partial charge in [0.2, 0.25) is 5.91 Å². The zero-order valence-electron chi connectivity index (χ0n) is 11.1. The van der Waals surface area contributed by atoms with E-state index in [0.29, 0.717) is 12.0 Å². The maximum Gasteiger partial charge on any atom is 0.276 e. The van der Waals surface area contributed by atoms with E-state index < -0.39 is 26.7 Å². The number of amides is 1. The van der Waals surface area contributed by atoms with Gasteiger partial charge in [0.05, 0.1) is 22.0 Å². The number of carbonyl (C=O) groups is 1. The van der Waals surface area contributed by atoms with Crippen molar-refractivity contribution in [2.45, 2.75) is 12.5 Å². The fourth-order valence-electron chi connectivity index (χ4n) is 2.12. The first-order valence-corrected chi connectivity index (χ1v) is 8.12. The highest BCUT2D eigenvalue weighted by atomic mass is 32.2. The lowest BCUT2D eigenvalue weighted by Crippen LogP contribution is -2.34. The standard InChI is InChI=1S/C13H14N2O5S/c16-13(14-11-7-8-21(19,20)9-11)6-5-10-3-1-2-4-12(10)15(17)18/h1-6,11H,7-9H2,(H,14,16)/b6-5+. The summed E-state index contributed by atoms with van der Waals surface area (Å²) in [7, 11) is -3.05. The summed E-state index contributed by atoms with van der Waals surface area (Å²) in [5, 5.41) is 13.4. The number of carbonyl (C=O) groups excluding carboxylic acids is 1. The fourth-order valence-corrected chi connectivity index (χ4v) is 3.79. The van der Waals surface area contributed by atoms with Crippen molar-refractivity contribution >= 4 is 27.5 Å². The summed E-state index contributed by atoms with van der Waals surface area (Å²) in [5.74, 6) is -0.445. The molecule has 0 saturated carbocycles. The van der Waals surface area contributed by atoms with E-state index in [2.05, 4.69) is 5.32 Å². The fraction of sp³-hybridized carbons (Fsp3) is 0.308. The maximum atomic E-state index is 11.7. The monoisotopic (exact) mass is 310 g/mol. The van der Waals surface area contributed by atoms with Crippen molar-refractivity contribution in [3.05, 3.63) is 46.0 Å². The van der Waals surface area contributed by atoms with E-state index in [1.54, 1.807) is 12.1 Å². The summed E-state index contributed by atoms with van der Waals surface area (Å²) in [6, 6.07) is 5.66. The van der Waals surface area contributed by atoms with E-state index in [1.807, 2.05) is 0 Å². The predicted molar refractivity (Wildman–Crippen MR) is 77.3 cm³/mol. The van der Waals surface area contributed by atoms with Crippen LogP contribution in [0.4, 0.5) is 5.69 Å². The predicted octanol–water partition coefficient (Wildman–Crippen LogP) is 0.911. The third-order valence-corrected chi connectivity index (χ3v) is 4.89. The first kappa shape index (κ1) is 15.2. The summed E-state index contributed by atoms with van der Waals surface area (Å²) in [4.78, 5) is 22.0. The quantitative estimate of drug-likeness (QED) is 0.505. The van der Waals surface area contributed by atoms with Gasteiger partial charge in [0.1, 0.15) is 0 Å². The molecule has 1 saturated heterocycles. The van der Waals surface area contributed by atoms with Gasteiger partial charge in [0.15, 0.2) is 9.84 Å². The minimum Gasteiger partial charge on any atom is -0.349 e. The van der Waals surface area contributed by atoms with Crippen LogP contribution in [0.25, 0.3) is 6.08 Å². The molecule has 1 aliphatic rings. The largest absolute Gasteiger partial charge is 0.349 e. The minimum absolute atomic E-state index is 0.0575. The van der Waals surface area contributed by atoms with Crippen LogP contribution in [0.15, 0.2) is 30.3 Å². The lowest BCUT2D eigenvalue weighted by atomic mass is 10.1. The third-order valence-electron chi connectivity index (χ3n) is 3.13. The number of rotatable bonds is 4. The van der Waals surface area contributed by atoms with E-state index in [0.717, 1.165) is 0 Å². The van der Waals surface area contributed by atoms with Crippen LogP contribution >= 0.6 is 0 Å². The topological polar surface area (TPSA) is 106 Å². The van der Waals surface area contributed by atoms with Crippen LogP contribution in [0.2, 0.25) is 0 Å². The van der Waals surface area contributed by atoms with E-state index in [9.17, 15) is 23.3 Å². The van der Waals surface area contributed by atoms with Crippen LogP contribution in [0, 0.1) is 10.1 Å². The van der Waals surface area contributed by atoms with Gasteiger partial charge < -0.3 is 5.32 Å². The molecule has 0 aromatic heterocycles. The van der Waals surface area contributed by atoms with Crippen LogP contribution in [-0.4, -0.2) is 36.8 Å². The molecule has 1 atom stereocenters. The van der Waals surface area contributed by atoms with Gasteiger partial charge in [-0.3, -0.25) is 14.9 Å². The molecule has 1 aromatic rings. The number of hydrogen-bond acceptors (Lipinski definition) is 5. The van der Waals surface area contributed by atoms with Crippen LogP contribution in [0.1, 0.15) is 12.0 Å². The number of para-hydroxylation sites is 1. The maximum absolute atomic E-state index is 11.7. The highest BCUT2D eigenvalue weighted by Gasteiger charge is 2.28. The van der Waals surface area contributed by atoms with Gasteiger partial charge in [-0.1, -0.05) is 12.1 Å². The zero-order valence-corrected chi connectivity index (χ0v) is 11.9. The molecule has 1 amide bonds. The van der Waals surface area contributed by atoms with Crippen molar-refractivity contribution in [1.82, 2.24) is 5.32 Å². The van der Waals surface area contributed by atoms with Crippen molar-refractivity contribution in [2.24, 2.45) is 0 Å². The molecule has 112 valence electrons.